The molecule has 2 saturated heterocycles. The number of aryl methyl sites for hydroxylation is 1. The fourth-order valence-electron chi connectivity index (χ4n) is 5.50. The molecule has 0 aromatic carbocycles. The number of carbonyl (C=O) groups excluding carboxylic acids is 3. The highest BCUT2D eigenvalue weighted by Crippen LogP contribution is 2.49. The minimum absolute atomic E-state index is 0.00807. The fraction of sp³-hybridized carbons (Fsp3) is 0.704. The largest absolute Gasteiger partial charge is 0.509 e. The summed E-state index contributed by atoms with van der Waals surface area (Å²) in [7, 11) is -1.86. The van der Waals surface area contributed by atoms with E-state index in [2.05, 4.69) is 25.1 Å². The van der Waals surface area contributed by atoms with Crippen LogP contribution in [0, 0.1) is 18.8 Å². The molecule has 0 amide bonds. The van der Waals surface area contributed by atoms with Crippen molar-refractivity contribution >= 4 is 36.9 Å². The highest BCUT2D eigenvalue weighted by atomic mass is 31.2. The number of fused-ring (bicyclic) bond motifs is 2. The van der Waals surface area contributed by atoms with Gasteiger partial charge >= 0.3 is 25.8 Å². The van der Waals surface area contributed by atoms with Crippen LogP contribution in [0.15, 0.2) is 11.1 Å². The first-order valence-electron chi connectivity index (χ1n) is 14.5. The smallest absolute Gasteiger partial charge is 0.468 e. The Labute approximate surface area is 259 Å². The monoisotopic (exact) mass is 656 g/mol. The van der Waals surface area contributed by atoms with Crippen LogP contribution in [-0.4, -0.2) is 88.3 Å². The number of methoxy groups -OCH3 is 2. The van der Waals surface area contributed by atoms with Gasteiger partial charge in [-0.2, -0.15) is 0 Å². The second kappa shape index (κ2) is 13.5. The van der Waals surface area contributed by atoms with Gasteiger partial charge in [0.25, 0.3) is 5.56 Å². The summed E-state index contributed by atoms with van der Waals surface area (Å²) in [5.74, 6) is -1.05. The first-order valence-corrected chi connectivity index (χ1v) is 16.2. The molecule has 2 fully saturated rings. The summed E-state index contributed by atoms with van der Waals surface area (Å²) in [5.41, 5.74) is -1.66. The average Bonchev–Trinajstić information content (AvgIpc) is 3.58. The normalized spacial score (nSPS) is 25.5. The minimum Gasteiger partial charge on any atom is -0.468 e. The molecule has 2 aliphatic rings. The first-order chi connectivity index (χ1) is 21.1. The topological polar surface area (TPSA) is 211 Å². The maximum absolute atomic E-state index is 14.5. The highest BCUT2D eigenvalue weighted by Gasteiger charge is 2.64. The van der Waals surface area contributed by atoms with Crippen LogP contribution in [0.3, 0.4) is 0 Å². The summed E-state index contributed by atoms with van der Waals surface area (Å²) >= 11 is 0. The van der Waals surface area contributed by atoms with Crippen LogP contribution < -0.4 is 15.7 Å². The third kappa shape index (κ3) is 7.38. The molecule has 2 aromatic rings. The quantitative estimate of drug-likeness (QED) is 0.151. The third-order valence-corrected chi connectivity index (χ3v) is 9.30. The van der Waals surface area contributed by atoms with E-state index >= 15 is 0 Å². The lowest BCUT2D eigenvalue weighted by Gasteiger charge is -2.30. The van der Waals surface area contributed by atoms with Crippen LogP contribution in [0.4, 0.5) is 4.79 Å². The summed E-state index contributed by atoms with van der Waals surface area (Å²) in [5, 5.41) is 5.51. The van der Waals surface area contributed by atoms with Gasteiger partial charge in [0.05, 0.1) is 27.2 Å². The summed E-state index contributed by atoms with van der Waals surface area (Å²) in [6.07, 6.45) is -2.34. The molecule has 250 valence electrons. The van der Waals surface area contributed by atoms with Gasteiger partial charge in [0.2, 0.25) is 0 Å². The van der Waals surface area contributed by atoms with Crippen molar-refractivity contribution < 1.29 is 47.2 Å². The predicted octanol–water partition coefficient (Wildman–Crippen LogP) is 2.10. The molecule has 3 unspecified atom stereocenters. The van der Waals surface area contributed by atoms with Crippen LogP contribution in [-0.2, 0) is 42.4 Å². The van der Waals surface area contributed by atoms with Gasteiger partial charge in [-0.3, -0.25) is 23.5 Å². The molecular weight excluding hydrogens is 615 g/mol. The lowest BCUT2D eigenvalue weighted by Crippen LogP contribution is -2.46. The minimum atomic E-state index is -4.28. The Morgan fingerprint density at radius 3 is 2.20 bits per heavy atom. The lowest BCUT2D eigenvalue weighted by molar-refractivity contribution is -0.143. The number of nitrogens with zero attached hydrogens (tertiary/aromatic N) is 3. The lowest BCUT2D eigenvalue weighted by atomic mass is 9.96. The number of aromatic nitrogens is 4. The van der Waals surface area contributed by atoms with Crippen molar-refractivity contribution in [2.75, 3.05) is 20.8 Å². The van der Waals surface area contributed by atoms with Gasteiger partial charge in [-0.1, -0.05) is 27.7 Å². The van der Waals surface area contributed by atoms with Crippen LogP contribution in [0.1, 0.15) is 59.5 Å². The molecule has 17 nitrogen and oxygen atoms in total. The van der Waals surface area contributed by atoms with E-state index in [9.17, 15) is 23.7 Å². The van der Waals surface area contributed by atoms with Crippen molar-refractivity contribution in [3.05, 3.63) is 22.5 Å². The van der Waals surface area contributed by atoms with Crippen molar-refractivity contribution in [2.24, 2.45) is 11.8 Å². The van der Waals surface area contributed by atoms with Gasteiger partial charge in [0, 0.05) is 0 Å². The predicted molar refractivity (Wildman–Crippen MR) is 157 cm³/mol. The number of rotatable bonds is 14. The van der Waals surface area contributed by atoms with E-state index in [0.29, 0.717) is 5.82 Å². The summed E-state index contributed by atoms with van der Waals surface area (Å²) in [6.45, 7) is 10.2. The number of hydrogen-bond donors (Lipinski definition) is 3. The van der Waals surface area contributed by atoms with Gasteiger partial charge in [-0.25, -0.2) is 24.9 Å². The number of carbonyl (C=O) groups is 3. The van der Waals surface area contributed by atoms with E-state index in [1.54, 1.807) is 13.8 Å². The molecule has 2 aromatic heterocycles. The van der Waals surface area contributed by atoms with E-state index in [-0.39, 0.29) is 35.8 Å². The molecule has 0 radical (unpaired) electrons. The van der Waals surface area contributed by atoms with Crippen LogP contribution in [0.2, 0.25) is 0 Å². The molecule has 0 spiro atoms. The molecule has 0 bridgehead atoms. The van der Waals surface area contributed by atoms with E-state index in [4.69, 9.17) is 28.2 Å². The Kier molecular flexibility index (Phi) is 10.4. The van der Waals surface area contributed by atoms with E-state index in [1.165, 1.54) is 25.1 Å². The molecule has 45 heavy (non-hydrogen) atoms. The third-order valence-electron chi connectivity index (χ3n) is 7.48. The molecule has 4 rings (SSSR count). The van der Waals surface area contributed by atoms with Gasteiger partial charge in [0.15, 0.2) is 29.1 Å². The molecule has 0 aliphatic carbocycles. The maximum atomic E-state index is 14.5. The second-order valence-electron chi connectivity index (χ2n) is 12.1. The van der Waals surface area contributed by atoms with E-state index in [1.807, 2.05) is 27.7 Å². The maximum Gasteiger partial charge on any atom is 0.509 e. The summed E-state index contributed by atoms with van der Waals surface area (Å²) in [4.78, 5) is 61.3. The number of hydrogen-bond acceptors (Lipinski definition) is 13. The van der Waals surface area contributed by atoms with Crippen molar-refractivity contribution in [1.29, 1.82) is 0 Å². The van der Waals surface area contributed by atoms with Gasteiger partial charge in [-0.15, -0.1) is 0 Å². The number of imidazole rings is 1. The molecular formula is C27H41N6O11P. The van der Waals surface area contributed by atoms with Crippen molar-refractivity contribution in [3.8, 4) is 0 Å². The van der Waals surface area contributed by atoms with Crippen LogP contribution in [0.5, 0.6) is 0 Å². The number of H-pyrrole nitrogens is 1. The Morgan fingerprint density at radius 1 is 1.09 bits per heavy atom. The molecule has 0 saturated carbocycles. The van der Waals surface area contributed by atoms with Crippen LogP contribution >= 0.6 is 7.67 Å². The van der Waals surface area contributed by atoms with Crippen LogP contribution in [0.25, 0.3) is 11.2 Å². The van der Waals surface area contributed by atoms with Crippen molar-refractivity contribution in [3.63, 3.8) is 0 Å². The van der Waals surface area contributed by atoms with Crippen molar-refractivity contribution in [2.45, 2.75) is 90.5 Å². The average molecular weight is 657 g/mol. The van der Waals surface area contributed by atoms with Gasteiger partial charge in [-0.05, 0) is 38.5 Å². The molecule has 18 heteroatoms. The summed E-state index contributed by atoms with van der Waals surface area (Å²) < 4.78 is 49.0. The fourth-order valence-corrected chi connectivity index (χ4v) is 7.32. The van der Waals surface area contributed by atoms with Gasteiger partial charge < -0.3 is 33.2 Å². The SMILES string of the molecule is COC(=O)C(CC(C)C)NP(=O)(NC(CC(C)C)C(=O)OC)OC[C@H]1O[C@@H](n2cnc3c(=O)[nH]c(C)nc32)C2(C)OC(=O)O[C@@H]12. The summed E-state index contributed by atoms with van der Waals surface area (Å²) in [6, 6.07) is -2.13. The van der Waals surface area contributed by atoms with Crippen molar-refractivity contribution in [1.82, 2.24) is 29.7 Å². The second-order valence-corrected chi connectivity index (χ2v) is 14.0. The standard InChI is InChI=1S/C27H41N6O11P/c1-13(2)9-16(23(35)39-7)31-45(38,32-17(10-14(3)4)24(36)40-8)41-11-18-20-27(6,44-26(37)43-20)25(42-18)33-12-28-19-21(33)29-15(5)30-22(19)34/h12-14,16-18,20,25H,9-11H2,1-8H3,(H,29,30,34)(H2,31,32,38)/t16?,17?,18-,20+,25-,27?,45?/m1/s1. The number of esters is 2. The number of ether oxygens (including phenoxy) is 5. The zero-order chi connectivity index (χ0) is 33.3. The Bertz CT molecular complexity index is 1490. The Balaban J connectivity index is 1.66. The van der Waals surface area contributed by atoms with E-state index < -0.39 is 74.1 Å². The molecule has 3 N–H and O–H groups in total. The number of nitrogens with one attached hydrogen (secondary N) is 3. The highest BCUT2D eigenvalue weighted by molar-refractivity contribution is 7.54. The Hall–Kier alpha value is -3.37. The molecule has 4 heterocycles. The zero-order valence-corrected chi connectivity index (χ0v) is 27.4. The molecule has 6 atom stereocenters. The number of aromatic amines is 1. The van der Waals surface area contributed by atoms with E-state index in [0.717, 1.165) is 0 Å². The Morgan fingerprint density at radius 2 is 1.67 bits per heavy atom. The van der Waals surface area contributed by atoms with Gasteiger partial charge in [0.1, 0.15) is 24.0 Å². The first kappa shape index (κ1) is 34.5. The molecule has 2 aliphatic heterocycles. The zero-order valence-electron chi connectivity index (χ0n) is 26.5.